The van der Waals surface area contributed by atoms with Crippen molar-refractivity contribution in [1.29, 1.82) is 0 Å². The lowest BCUT2D eigenvalue weighted by molar-refractivity contribution is 0.0696. The molecule has 0 aliphatic heterocycles. The molecule has 7 heteroatoms. The maximum Gasteiger partial charge on any atom is 0.335 e. The summed E-state index contributed by atoms with van der Waals surface area (Å²) in [6, 6.07) is 5.61. The van der Waals surface area contributed by atoms with Gasteiger partial charge in [-0.25, -0.2) is 13.2 Å². The summed E-state index contributed by atoms with van der Waals surface area (Å²) in [5, 5.41) is 12.9. The van der Waals surface area contributed by atoms with E-state index in [4.69, 9.17) is 5.11 Å². The summed E-state index contributed by atoms with van der Waals surface area (Å²) >= 11 is 0. The van der Waals surface area contributed by atoms with Gasteiger partial charge in [0.25, 0.3) is 0 Å². The van der Waals surface area contributed by atoms with Crippen LogP contribution in [-0.4, -0.2) is 29.3 Å². The molecule has 1 N–H and O–H groups in total. The minimum atomic E-state index is -3.54. The van der Waals surface area contributed by atoms with Crippen molar-refractivity contribution in [3.8, 4) is 0 Å². The lowest BCUT2D eigenvalue weighted by atomic mass is 10.1. The van der Waals surface area contributed by atoms with Crippen molar-refractivity contribution >= 4 is 15.8 Å². The molecule has 0 aliphatic rings. The number of carbonyl (C=O) groups is 1. The van der Waals surface area contributed by atoms with Gasteiger partial charge in [-0.1, -0.05) is 13.8 Å². The van der Waals surface area contributed by atoms with E-state index in [1.807, 2.05) is 13.8 Å². The van der Waals surface area contributed by atoms with Crippen LogP contribution >= 0.6 is 0 Å². The van der Waals surface area contributed by atoms with E-state index in [1.165, 1.54) is 22.9 Å². The molecule has 0 saturated heterocycles. The number of aromatic carboxylic acids is 1. The normalized spacial score (nSPS) is 10.7. The van der Waals surface area contributed by atoms with Crippen molar-refractivity contribution in [2.45, 2.75) is 31.4 Å². The number of aryl methyl sites for hydroxylation is 2. The van der Waals surface area contributed by atoms with Gasteiger partial charge in [-0.05, 0) is 36.8 Å². The number of nitrogens with zero attached hydrogens (tertiary/aromatic N) is 2. The third-order valence-electron chi connectivity index (χ3n) is 2.86. The predicted octanol–water partition coefficient (Wildman–Crippen LogP) is 2.43. The minimum Gasteiger partial charge on any atom is -0.478 e. The SMILES string of the molecule is CC.Cc1cc(C(=O)O)ccc1S(=O)(=O)Cc1ccn(C)n1. The van der Waals surface area contributed by atoms with Crippen molar-refractivity contribution in [1.82, 2.24) is 9.78 Å². The Morgan fingerprint density at radius 1 is 1.27 bits per heavy atom. The first-order valence-corrected chi connectivity index (χ1v) is 8.50. The van der Waals surface area contributed by atoms with Crippen LogP contribution in [-0.2, 0) is 22.6 Å². The molecule has 0 bridgehead atoms. The largest absolute Gasteiger partial charge is 0.478 e. The van der Waals surface area contributed by atoms with Gasteiger partial charge >= 0.3 is 5.97 Å². The first-order chi connectivity index (χ1) is 10.3. The zero-order valence-electron chi connectivity index (χ0n) is 13.1. The molecule has 1 aromatic carbocycles. The zero-order chi connectivity index (χ0) is 16.9. The fraction of sp³-hybridized carbons (Fsp3) is 0.333. The Labute approximate surface area is 130 Å². The summed E-state index contributed by atoms with van der Waals surface area (Å²) in [5.74, 6) is -1.29. The Bertz CT molecular complexity index is 764. The fourth-order valence-corrected chi connectivity index (χ4v) is 3.47. The number of sulfone groups is 1. The monoisotopic (exact) mass is 324 g/mol. The van der Waals surface area contributed by atoms with Crippen LogP contribution in [0.3, 0.4) is 0 Å². The number of hydrogen-bond acceptors (Lipinski definition) is 4. The number of carboxylic acids is 1. The fourth-order valence-electron chi connectivity index (χ4n) is 1.94. The molecule has 0 saturated carbocycles. The highest BCUT2D eigenvalue weighted by atomic mass is 32.2. The highest BCUT2D eigenvalue weighted by Crippen LogP contribution is 2.21. The van der Waals surface area contributed by atoms with E-state index < -0.39 is 15.8 Å². The van der Waals surface area contributed by atoms with Crippen LogP contribution in [0.15, 0.2) is 35.4 Å². The average molecular weight is 324 g/mol. The average Bonchev–Trinajstić information content (AvgIpc) is 2.85. The molecule has 0 aliphatic carbocycles. The number of carboxylic acid groups (broad SMARTS) is 1. The van der Waals surface area contributed by atoms with Crippen LogP contribution in [0.1, 0.15) is 35.5 Å². The van der Waals surface area contributed by atoms with Gasteiger partial charge in [0.1, 0.15) is 0 Å². The molecule has 0 unspecified atom stereocenters. The molecule has 0 fully saturated rings. The van der Waals surface area contributed by atoms with Crippen molar-refractivity contribution in [2.75, 3.05) is 0 Å². The van der Waals surface area contributed by atoms with Crippen LogP contribution in [0.5, 0.6) is 0 Å². The predicted molar refractivity (Wildman–Crippen MR) is 83.6 cm³/mol. The van der Waals surface area contributed by atoms with Gasteiger partial charge in [-0.2, -0.15) is 5.10 Å². The van der Waals surface area contributed by atoms with Gasteiger partial charge in [-0.3, -0.25) is 4.68 Å². The van der Waals surface area contributed by atoms with Crippen LogP contribution in [0.25, 0.3) is 0 Å². The van der Waals surface area contributed by atoms with Crippen molar-refractivity contribution in [3.05, 3.63) is 47.3 Å². The molecular formula is C15H20N2O4S. The van der Waals surface area contributed by atoms with Crippen LogP contribution < -0.4 is 0 Å². The van der Waals surface area contributed by atoms with E-state index >= 15 is 0 Å². The number of rotatable bonds is 4. The summed E-state index contributed by atoms with van der Waals surface area (Å²) in [6.45, 7) is 5.58. The first-order valence-electron chi connectivity index (χ1n) is 6.85. The molecule has 6 nitrogen and oxygen atoms in total. The second-order valence-corrected chi connectivity index (χ2v) is 6.48. The number of benzene rings is 1. The second kappa shape index (κ2) is 7.22. The Hall–Kier alpha value is -2.15. The Balaban J connectivity index is 0.00000116. The Morgan fingerprint density at radius 2 is 1.91 bits per heavy atom. The molecule has 0 spiro atoms. The minimum absolute atomic E-state index is 0.0688. The van der Waals surface area contributed by atoms with Crippen molar-refractivity contribution in [2.24, 2.45) is 7.05 Å². The first kappa shape index (κ1) is 17.9. The van der Waals surface area contributed by atoms with Gasteiger partial charge in [0, 0.05) is 13.2 Å². The van der Waals surface area contributed by atoms with Gasteiger partial charge < -0.3 is 5.11 Å². The lowest BCUT2D eigenvalue weighted by Gasteiger charge is -2.07. The highest BCUT2D eigenvalue weighted by molar-refractivity contribution is 7.90. The highest BCUT2D eigenvalue weighted by Gasteiger charge is 2.20. The summed E-state index contributed by atoms with van der Waals surface area (Å²) in [5.41, 5.74) is 0.939. The van der Waals surface area contributed by atoms with E-state index in [-0.39, 0.29) is 16.2 Å². The molecule has 22 heavy (non-hydrogen) atoms. The molecule has 2 rings (SSSR count). The molecule has 1 heterocycles. The van der Waals surface area contributed by atoms with E-state index in [0.29, 0.717) is 11.3 Å². The van der Waals surface area contributed by atoms with Crippen molar-refractivity contribution in [3.63, 3.8) is 0 Å². The van der Waals surface area contributed by atoms with Gasteiger partial charge in [0.05, 0.1) is 21.9 Å². The van der Waals surface area contributed by atoms with Gasteiger partial charge in [-0.15, -0.1) is 0 Å². The van der Waals surface area contributed by atoms with E-state index in [9.17, 15) is 13.2 Å². The van der Waals surface area contributed by atoms with Crippen LogP contribution in [0.4, 0.5) is 0 Å². The number of hydrogen-bond donors (Lipinski definition) is 1. The summed E-state index contributed by atoms with van der Waals surface area (Å²) < 4.78 is 26.2. The van der Waals surface area contributed by atoms with Crippen molar-refractivity contribution < 1.29 is 18.3 Å². The summed E-state index contributed by atoms with van der Waals surface area (Å²) in [4.78, 5) is 11.0. The molecule has 120 valence electrons. The second-order valence-electron chi connectivity index (χ2n) is 4.53. The molecule has 0 amide bonds. The maximum absolute atomic E-state index is 12.3. The zero-order valence-corrected chi connectivity index (χ0v) is 13.9. The number of aromatic nitrogens is 2. The molecule has 0 atom stereocenters. The molecule has 0 radical (unpaired) electrons. The lowest BCUT2D eigenvalue weighted by Crippen LogP contribution is -2.09. The Morgan fingerprint density at radius 3 is 2.36 bits per heavy atom. The third kappa shape index (κ3) is 4.17. The molecule has 2 aromatic rings. The smallest absolute Gasteiger partial charge is 0.335 e. The summed E-state index contributed by atoms with van der Waals surface area (Å²) in [6.07, 6.45) is 1.67. The third-order valence-corrected chi connectivity index (χ3v) is 4.67. The van der Waals surface area contributed by atoms with Crippen LogP contribution in [0, 0.1) is 6.92 Å². The standard InChI is InChI=1S/C13H14N2O4S.C2H6/c1-9-7-10(13(16)17)3-4-12(9)20(18,19)8-11-5-6-15(2)14-11;1-2/h3-7H,8H2,1-2H3,(H,16,17);1-2H3. The quantitative estimate of drug-likeness (QED) is 0.933. The molecular weight excluding hydrogens is 304 g/mol. The molecule has 1 aromatic heterocycles. The van der Waals surface area contributed by atoms with E-state index in [0.717, 1.165) is 0 Å². The topological polar surface area (TPSA) is 89.3 Å². The van der Waals surface area contributed by atoms with Gasteiger partial charge in [0.2, 0.25) is 0 Å². The maximum atomic E-state index is 12.3. The summed E-state index contributed by atoms with van der Waals surface area (Å²) in [7, 11) is -1.83. The van der Waals surface area contributed by atoms with E-state index in [1.54, 1.807) is 26.2 Å². The van der Waals surface area contributed by atoms with Gasteiger partial charge in [0.15, 0.2) is 9.84 Å². The Kier molecular flexibility index (Phi) is 5.87. The van der Waals surface area contributed by atoms with E-state index in [2.05, 4.69) is 5.10 Å². The van der Waals surface area contributed by atoms with Crippen LogP contribution in [0.2, 0.25) is 0 Å².